The van der Waals surface area contributed by atoms with Gasteiger partial charge in [0.05, 0.1) is 5.92 Å². The number of primary amides is 1. The zero-order chi connectivity index (χ0) is 11.3. The number of likely N-dealkylation sites (tertiary alicyclic amines) is 1. The standard InChI is InChI=1S/C10H19N3O2/c11-5-2-1-3-9(14)13-6-4-8(7-13)10(12)15/h8H,1-7,11H2,(H2,12,15). The maximum Gasteiger partial charge on any atom is 0.222 e. The number of hydrogen-bond donors (Lipinski definition) is 2. The van der Waals surface area contributed by atoms with Crippen LogP contribution in [0.5, 0.6) is 0 Å². The van der Waals surface area contributed by atoms with Gasteiger partial charge in [-0.25, -0.2) is 0 Å². The van der Waals surface area contributed by atoms with Crippen LogP contribution in [0.1, 0.15) is 25.7 Å². The molecule has 0 radical (unpaired) electrons. The summed E-state index contributed by atoms with van der Waals surface area (Å²) in [5, 5.41) is 0. The van der Waals surface area contributed by atoms with Crippen LogP contribution in [-0.4, -0.2) is 36.3 Å². The van der Waals surface area contributed by atoms with E-state index in [1.807, 2.05) is 0 Å². The largest absolute Gasteiger partial charge is 0.369 e. The minimum absolute atomic E-state index is 0.118. The maximum atomic E-state index is 11.6. The highest BCUT2D eigenvalue weighted by Gasteiger charge is 2.28. The van der Waals surface area contributed by atoms with Gasteiger partial charge in [0.1, 0.15) is 0 Å². The SMILES string of the molecule is NCCCCC(=O)N1CCC(C(N)=O)C1. The normalized spacial score (nSPS) is 20.6. The molecule has 1 rings (SSSR count). The molecule has 86 valence electrons. The number of carbonyl (C=O) groups is 2. The van der Waals surface area contributed by atoms with E-state index in [0.29, 0.717) is 32.5 Å². The van der Waals surface area contributed by atoms with Crippen LogP contribution in [0, 0.1) is 5.92 Å². The molecule has 4 N–H and O–H groups in total. The fourth-order valence-electron chi connectivity index (χ4n) is 1.80. The first-order chi connectivity index (χ1) is 7.15. The molecule has 2 amide bonds. The Morgan fingerprint density at radius 3 is 2.60 bits per heavy atom. The van der Waals surface area contributed by atoms with E-state index >= 15 is 0 Å². The third kappa shape index (κ3) is 3.51. The molecule has 5 heteroatoms. The van der Waals surface area contributed by atoms with Gasteiger partial charge < -0.3 is 16.4 Å². The maximum absolute atomic E-state index is 11.6. The molecule has 0 spiro atoms. The Hall–Kier alpha value is -1.10. The summed E-state index contributed by atoms with van der Waals surface area (Å²) in [7, 11) is 0. The molecule has 1 fully saturated rings. The van der Waals surface area contributed by atoms with Crippen LogP contribution in [0.4, 0.5) is 0 Å². The van der Waals surface area contributed by atoms with Crippen LogP contribution in [0.2, 0.25) is 0 Å². The molecule has 1 atom stereocenters. The predicted octanol–water partition coefficient (Wildman–Crippen LogP) is -0.551. The van der Waals surface area contributed by atoms with Crippen molar-refractivity contribution in [3.05, 3.63) is 0 Å². The highest BCUT2D eigenvalue weighted by molar-refractivity contribution is 5.80. The lowest BCUT2D eigenvalue weighted by molar-refractivity contribution is -0.130. The molecule has 0 aromatic carbocycles. The van der Waals surface area contributed by atoms with Crippen molar-refractivity contribution in [3.8, 4) is 0 Å². The second kappa shape index (κ2) is 5.70. The van der Waals surface area contributed by atoms with Gasteiger partial charge in [-0.15, -0.1) is 0 Å². The molecule has 1 aliphatic rings. The first kappa shape index (κ1) is 12.0. The summed E-state index contributed by atoms with van der Waals surface area (Å²) < 4.78 is 0. The van der Waals surface area contributed by atoms with Crippen LogP contribution in [0.3, 0.4) is 0 Å². The van der Waals surface area contributed by atoms with E-state index in [-0.39, 0.29) is 17.7 Å². The minimum atomic E-state index is -0.299. The smallest absolute Gasteiger partial charge is 0.222 e. The number of nitrogens with zero attached hydrogens (tertiary/aromatic N) is 1. The van der Waals surface area contributed by atoms with Crippen molar-refractivity contribution in [2.45, 2.75) is 25.7 Å². The molecule has 0 aliphatic carbocycles. The Balaban J connectivity index is 2.27. The lowest BCUT2D eigenvalue weighted by Gasteiger charge is -2.15. The average molecular weight is 213 g/mol. The van der Waals surface area contributed by atoms with Gasteiger partial charge >= 0.3 is 0 Å². The number of rotatable bonds is 5. The molecule has 0 saturated carbocycles. The molecule has 1 unspecified atom stereocenters. The van der Waals surface area contributed by atoms with Crippen molar-refractivity contribution < 1.29 is 9.59 Å². The number of nitrogens with two attached hydrogens (primary N) is 2. The summed E-state index contributed by atoms with van der Waals surface area (Å²) >= 11 is 0. The van der Waals surface area contributed by atoms with Crippen molar-refractivity contribution in [1.29, 1.82) is 0 Å². The molecule has 15 heavy (non-hydrogen) atoms. The van der Waals surface area contributed by atoms with Gasteiger partial charge in [-0.3, -0.25) is 9.59 Å². The highest BCUT2D eigenvalue weighted by Crippen LogP contribution is 2.16. The van der Waals surface area contributed by atoms with Crippen LogP contribution < -0.4 is 11.5 Å². The minimum Gasteiger partial charge on any atom is -0.369 e. The van der Waals surface area contributed by atoms with Gasteiger partial charge in [-0.1, -0.05) is 0 Å². The van der Waals surface area contributed by atoms with E-state index in [4.69, 9.17) is 11.5 Å². The van der Waals surface area contributed by atoms with Crippen LogP contribution in [0.25, 0.3) is 0 Å². The van der Waals surface area contributed by atoms with Gasteiger partial charge in [0.2, 0.25) is 11.8 Å². The first-order valence-electron chi connectivity index (χ1n) is 5.42. The van der Waals surface area contributed by atoms with Crippen molar-refractivity contribution >= 4 is 11.8 Å². The predicted molar refractivity (Wildman–Crippen MR) is 56.8 cm³/mol. The molecular formula is C10H19N3O2. The van der Waals surface area contributed by atoms with E-state index in [2.05, 4.69) is 0 Å². The van der Waals surface area contributed by atoms with Gasteiger partial charge in [-0.2, -0.15) is 0 Å². The van der Waals surface area contributed by atoms with Crippen molar-refractivity contribution in [1.82, 2.24) is 4.90 Å². The summed E-state index contributed by atoms with van der Waals surface area (Å²) in [5.74, 6) is -0.331. The number of amides is 2. The first-order valence-corrected chi connectivity index (χ1v) is 5.42. The van der Waals surface area contributed by atoms with Crippen molar-refractivity contribution in [3.63, 3.8) is 0 Å². The van der Waals surface area contributed by atoms with E-state index in [9.17, 15) is 9.59 Å². The van der Waals surface area contributed by atoms with E-state index in [0.717, 1.165) is 12.8 Å². The molecule has 0 aromatic heterocycles. The molecule has 1 heterocycles. The summed E-state index contributed by atoms with van der Waals surface area (Å²) in [6.07, 6.45) is 2.94. The number of hydrogen-bond acceptors (Lipinski definition) is 3. The van der Waals surface area contributed by atoms with E-state index < -0.39 is 0 Å². The molecule has 0 aromatic rings. The third-order valence-corrected chi connectivity index (χ3v) is 2.79. The Kier molecular flexibility index (Phi) is 4.55. The summed E-state index contributed by atoms with van der Waals surface area (Å²) in [6, 6.07) is 0. The van der Waals surface area contributed by atoms with Gasteiger partial charge in [-0.05, 0) is 25.8 Å². The van der Waals surface area contributed by atoms with Crippen LogP contribution in [0.15, 0.2) is 0 Å². The second-order valence-electron chi connectivity index (χ2n) is 3.97. The summed E-state index contributed by atoms with van der Waals surface area (Å²) in [5.41, 5.74) is 10.5. The topological polar surface area (TPSA) is 89.4 Å². The van der Waals surface area contributed by atoms with E-state index in [1.54, 1.807) is 4.90 Å². The highest BCUT2D eigenvalue weighted by atomic mass is 16.2. The Morgan fingerprint density at radius 1 is 1.33 bits per heavy atom. The lowest BCUT2D eigenvalue weighted by Crippen LogP contribution is -2.31. The van der Waals surface area contributed by atoms with Gasteiger partial charge in [0.25, 0.3) is 0 Å². The zero-order valence-electron chi connectivity index (χ0n) is 8.95. The van der Waals surface area contributed by atoms with Crippen molar-refractivity contribution in [2.75, 3.05) is 19.6 Å². The Bertz CT molecular complexity index is 243. The lowest BCUT2D eigenvalue weighted by atomic mass is 10.1. The quantitative estimate of drug-likeness (QED) is 0.600. The van der Waals surface area contributed by atoms with Crippen LogP contribution >= 0.6 is 0 Å². The fourth-order valence-corrected chi connectivity index (χ4v) is 1.80. The molecule has 1 saturated heterocycles. The molecular weight excluding hydrogens is 194 g/mol. The van der Waals surface area contributed by atoms with Crippen molar-refractivity contribution in [2.24, 2.45) is 17.4 Å². The van der Waals surface area contributed by atoms with E-state index in [1.165, 1.54) is 0 Å². The third-order valence-electron chi connectivity index (χ3n) is 2.79. The number of carbonyl (C=O) groups excluding carboxylic acids is 2. The molecule has 0 bridgehead atoms. The summed E-state index contributed by atoms with van der Waals surface area (Å²) in [6.45, 7) is 1.78. The Labute approximate surface area is 89.8 Å². The zero-order valence-corrected chi connectivity index (χ0v) is 8.95. The monoisotopic (exact) mass is 213 g/mol. The second-order valence-corrected chi connectivity index (χ2v) is 3.97. The molecule has 5 nitrogen and oxygen atoms in total. The Morgan fingerprint density at radius 2 is 2.07 bits per heavy atom. The fraction of sp³-hybridized carbons (Fsp3) is 0.800. The van der Waals surface area contributed by atoms with Gasteiger partial charge in [0.15, 0.2) is 0 Å². The average Bonchev–Trinajstić information content (AvgIpc) is 2.66. The number of unbranched alkanes of at least 4 members (excludes halogenated alkanes) is 1. The summed E-state index contributed by atoms with van der Waals surface area (Å²) in [4.78, 5) is 24.2. The van der Waals surface area contributed by atoms with Gasteiger partial charge in [0, 0.05) is 19.5 Å². The van der Waals surface area contributed by atoms with Crippen LogP contribution in [-0.2, 0) is 9.59 Å². The molecule has 1 aliphatic heterocycles.